The molecule has 6 nitrogen and oxygen atoms in total. The number of benzene rings is 2. The van der Waals surface area contributed by atoms with E-state index in [-0.39, 0.29) is 17.6 Å². The first-order chi connectivity index (χ1) is 12.8. The quantitative estimate of drug-likeness (QED) is 0.523. The van der Waals surface area contributed by atoms with Crippen molar-refractivity contribution < 1.29 is 19.4 Å². The highest BCUT2D eigenvalue weighted by atomic mass is 32.1. The number of thiocarbonyl (C=S) groups is 1. The van der Waals surface area contributed by atoms with Crippen molar-refractivity contribution in [3.05, 3.63) is 65.2 Å². The third-order valence-corrected chi connectivity index (χ3v) is 3.78. The number of aliphatic carboxylic acids is 1. The number of carbonyl (C=O) groups is 2. The molecule has 0 bridgehead atoms. The zero-order valence-electron chi connectivity index (χ0n) is 15.0. The summed E-state index contributed by atoms with van der Waals surface area (Å²) < 4.78 is 5.59. The molecule has 0 radical (unpaired) electrons. The fourth-order valence-corrected chi connectivity index (χ4v) is 2.61. The van der Waals surface area contributed by atoms with Crippen LogP contribution in [0.1, 0.15) is 16.7 Å². The van der Waals surface area contributed by atoms with Gasteiger partial charge in [0.2, 0.25) is 0 Å². The van der Waals surface area contributed by atoms with E-state index in [1.54, 1.807) is 24.3 Å². The minimum Gasteiger partial charge on any atom is -0.483 e. The van der Waals surface area contributed by atoms with Crippen LogP contribution in [0.15, 0.2) is 48.5 Å². The van der Waals surface area contributed by atoms with Crippen LogP contribution in [-0.4, -0.2) is 28.7 Å². The summed E-state index contributed by atoms with van der Waals surface area (Å²) in [7, 11) is 0. The number of nitrogens with one attached hydrogen (secondary N) is 2. The maximum Gasteiger partial charge on any atom is 0.328 e. The molecule has 2 rings (SSSR count). The highest BCUT2D eigenvalue weighted by Crippen LogP contribution is 2.22. The first-order valence-corrected chi connectivity index (χ1v) is 8.57. The van der Waals surface area contributed by atoms with Crippen LogP contribution >= 0.6 is 12.2 Å². The van der Waals surface area contributed by atoms with Crippen LogP contribution in [0.25, 0.3) is 6.08 Å². The topological polar surface area (TPSA) is 87.7 Å². The third-order valence-electron chi connectivity index (χ3n) is 3.57. The van der Waals surface area contributed by atoms with E-state index < -0.39 is 5.97 Å². The fraction of sp³-hybridized carbons (Fsp3) is 0.150. The predicted octanol–water partition coefficient (Wildman–Crippen LogP) is 3.29. The standard InChI is InChI=1S/C20H20N2O4S/c1-13-5-3-6-14(2)19(13)26-12-17(23)22-20(27)21-16-8-4-7-15(11-16)9-10-18(24)25/h3-11H,12H2,1-2H3,(H,24,25)(H2,21,22,23,27)/b10-9+. The van der Waals surface area contributed by atoms with Gasteiger partial charge in [0, 0.05) is 11.8 Å². The fourth-order valence-electron chi connectivity index (χ4n) is 2.38. The lowest BCUT2D eigenvalue weighted by atomic mass is 10.1. The summed E-state index contributed by atoms with van der Waals surface area (Å²) >= 11 is 5.13. The Morgan fingerprint density at radius 1 is 1.15 bits per heavy atom. The minimum atomic E-state index is -1.03. The molecule has 0 saturated carbocycles. The average Bonchev–Trinajstić information content (AvgIpc) is 2.59. The lowest BCUT2D eigenvalue weighted by Gasteiger charge is -2.13. The van der Waals surface area contributed by atoms with Gasteiger partial charge in [-0.05, 0) is 61.0 Å². The monoisotopic (exact) mass is 384 g/mol. The molecule has 0 unspecified atom stereocenters. The average molecular weight is 384 g/mol. The molecule has 140 valence electrons. The van der Waals surface area contributed by atoms with Crippen LogP contribution in [0.4, 0.5) is 5.69 Å². The minimum absolute atomic E-state index is 0.129. The lowest BCUT2D eigenvalue weighted by molar-refractivity contribution is -0.131. The number of carboxylic acid groups (broad SMARTS) is 1. The summed E-state index contributed by atoms with van der Waals surface area (Å²) in [5.74, 6) is -0.721. The van der Waals surface area contributed by atoms with E-state index in [2.05, 4.69) is 10.6 Å². The number of ether oxygens (including phenoxy) is 1. The molecule has 3 N–H and O–H groups in total. The Morgan fingerprint density at radius 3 is 2.48 bits per heavy atom. The molecule has 1 amide bonds. The number of aryl methyl sites for hydroxylation is 2. The highest BCUT2D eigenvalue weighted by molar-refractivity contribution is 7.80. The molecule has 0 aliphatic heterocycles. The van der Waals surface area contributed by atoms with Crippen molar-refractivity contribution in [2.24, 2.45) is 0 Å². The van der Waals surface area contributed by atoms with Crippen LogP contribution in [-0.2, 0) is 9.59 Å². The summed E-state index contributed by atoms with van der Waals surface area (Å²) in [6.45, 7) is 3.67. The second-order valence-electron chi connectivity index (χ2n) is 5.81. The van der Waals surface area contributed by atoms with E-state index >= 15 is 0 Å². The molecule has 2 aromatic rings. The first kappa shape index (κ1) is 20.1. The Balaban J connectivity index is 1.89. The van der Waals surface area contributed by atoms with Crippen LogP contribution in [0.5, 0.6) is 5.75 Å². The summed E-state index contributed by atoms with van der Waals surface area (Å²) in [6.07, 6.45) is 2.51. The largest absolute Gasteiger partial charge is 0.483 e. The van der Waals surface area contributed by atoms with Gasteiger partial charge in [0.05, 0.1) is 0 Å². The number of hydrogen-bond donors (Lipinski definition) is 3. The summed E-state index contributed by atoms with van der Waals surface area (Å²) in [5, 5.41) is 14.2. The van der Waals surface area contributed by atoms with Gasteiger partial charge in [0.25, 0.3) is 5.91 Å². The van der Waals surface area contributed by atoms with Gasteiger partial charge >= 0.3 is 5.97 Å². The van der Waals surface area contributed by atoms with Crippen LogP contribution in [0, 0.1) is 13.8 Å². The molecule has 0 aliphatic carbocycles. The maximum atomic E-state index is 12.0. The lowest BCUT2D eigenvalue weighted by Crippen LogP contribution is -2.37. The van der Waals surface area contributed by atoms with Gasteiger partial charge < -0.3 is 15.2 Å². The zero-order chi connectivity index (χ0) is 19.8. The van der Waals surface area contributed by atoms with Crippen LogP contribution in [0.2, 0.25) is 0 Å². The number of para-hydroxylation sites is 1. The van der Waals surface area contributed by atoms with Gasteiger partial charge in [-0.1, -0.05) is 30.3 Å². The van der Waals surface area contributed by atoms with Gasteiger partial charge in [-0.25, -0.2) is 4.79 Å². The smallest absolute Gasteiger partial charge is 0.328 e. The van der Waals surface area contributed by atoms with Crippen molar-refractivity contribution in [3.8, 4) is 5.75 Å². The molecule has 0 spiro atoms. The third kappa shape index (κ3) is 6.56. The van der Waals surface area contributed by atoms with E-state index in [0.717, 1.165) is 17.2 Å². The summed E-state index contributed by atoms with van der Waals surface area (Å²) in [6, 6.07) is 12.7. The van der Waals surface area contributed by atoms with Gasteiger partial charge in [-0.15, -0.1) is 0 Å². The van der Waals surface area contributed by atoms with Crippen LogP contribution in [0.3, 0.4) is 0 Å². The second-order valence-corrected chi connectivity index (χ2v) is 6.22. The number of rotatable bonds is 6. The molecule has 7 heteroatoms. The molecule has 0 saturated heterocycles. The summed E-state index contributed by atoms with van der Waals surface area (Å²) in [5.41, 5.74) is 3.22. The predicted molar refractivity (Wildman–Crippen MR) is 109 cm³/mol. The number of amides is 1. The Labute approximate surface area is 162 Å². The van der Waals surface area contributed by atoms with Gasteiger partial charge in [-0.3, -0.25) is 10.1 Å². The Morgan fingerprint density at radius 2 is 1.81 bits per heavy atom. The Bertz CT molecular complexity index is 873. The van der Waals surface area contributed by atoms with E-state index in [0.29, 0.717) is 17.0 Å². The van der Waals surface area contributed by atoms with Crippen molar-refractivity contribution in [1.29, 1.82) is 0 Å². The molecule has 0 heterocycles. The Kier molecular flexibility index (Phi) is 7.08. The van der Waals surface area contributed by atoms with Crippen molar-refractivity contribution >= 4 is 41.0 Å². The van der Waals surface area contributed by atoms with Crippen molar-refractivity contribution in [2.45, 2.75) is 13.8 Å². The zero-order valence-corrected chi connectivity index (χ0v) is 15.8. The maximum absolute atomic E-state index is 12.0. The van der Waals surface area contributed by atoms with Crippen molar-refractivity contribution in [2.75, 3.05) is 11.9 Å². The SMILES string of the molecule is Cc1cccc(C)c1OCC(=O)NC(=S)Nc1cccc(/C=C/C(=O)O)c1. The van der Waals surface area contributed by atoms with Gasteiger partial charge in [-0.2, -0.15) is 0 Å². The van der Waals surface area contributed by atoms with Crippen molar-refractivity contribution in [3.63, 3.8) is 0 Å². The molecule has 0 atom stereocenters. The van der Waals surface area contributed by atoms with Crippen molar-refractivity contribution in [1.82, 2.24) is 5.32 Å². The van der Waals surface area contributed by atoms with E-state index in [9.17, 15) is 9.59 Å². The molecular formula is C20H20N2O4S. The number of carboxylic acids is 1. The van der Waals surface area contributed by atoms with E-state index in [1.165, 1.54) is 6.08 Å². The molecule has 27 heavy (non-hydrogen) atoms. The van der Waals surface area contributed by atoms with E-state index in [1.807, 2.05) is 32.0 Å². The summed E-state index contributed by atoms with van der Waals surface area (Å²) in [4.78, 5) is 22.6. The van der Waals surface area contributed by atoms with Crippen LogP contribution < -0.4 is 15.4 Å². The van der Waals surface area contributed by atoms with E-state index in [4.69, 9.17) is 22.1 Å². The normalized spacial score (nSPS) is 10.4. The molecule has 2 aromatic carbocycles. The highest BCUT2D eigenvalue weighted by Gasteiger charge is 2.09. The molecule has 0 aromatic heterocycles. The first-order valence-electron chi connectivity index (χ1n) is 8.16. The van der Waals surface area contributed by atoms with Gasteiger partial charge in [0.1, 0.15) is 5.75 Å². The Hall–Kier alpha value is -3.19. The molecular weight excluding hydrogens is 364 g/mol. The molecule has 0 aliphatic rings. The number of anilines is 1. The second kappa shape index (κ2) is 9.49. The van der Waals surface area contributed by atoms with Gasteiger partial charge in [0.15, 0.2) is 11.7 Å². The molecule has 0 fully saturated rings. The number of hydrogen-bond acceptors (Lipinski definition) is 4. The number of carbonyl (C=O) groups excluding carboxylic acids is 1.